The SMILES string of the molecule is Cc1ccccc1C(C)CC(=O)NCc1ccc(OCCCC(=O)O)cc1. The Labute approximate surface area is 160 Å². The largest absolute Gasteiger partial charge is 0.494 e. The molecule has 0 spiro atoms. The molecule has 0 bridgehead atoms. The van der Waals surface area contributed by atoms with Crippen LogP contribution in [0.2, 0.25) is 0 Å². The lowest BCUT2D eigenvalue weighted by atomic mass is 9.93. The van der Waals surface area contributed by atoms with Crippen molar-refractivity contribution in [1.82, 2.24) is 5.32 Å². The van der Waals surface area contributed by atoms with Gasteiger partial charge < -0.3 is 15.2 Å². The van der Waals surface area contributed by atoms with E-state index in [2.05, 4.69) is 31.3 Å². The Morgan fingerprint density at radius 3 is 2.48 bits per heavy atom. The standard InChI is InChI=1S/C22H27NO4/c1-16-6-3-4-7-20(16)17(2)14-21(24)23-15-18-9-11-19(12-10-18)27-13-5-8-22(25)26/h3-4,6-7,9-12,17H,5,8,13-15H2,1-2H3,(H,23,24)(H,25,26). The zero-order valence-electron chi connectivity index (χ0n) is 15.9. The average molecular weight is 369 g/mol. The van der Waals surface area contributed by atoms with E-state index >= 15 is 0 Å². The fourth-order valence-electron chi connectivity index (χ4n) is 2.92. The molecule has 0 aliphatic rings. The maximum absolute atomic E-state index is 12.2. The number of carboxylic acid groups (broad SMARTS) is 1. The highest BCUT2D eigenvalue weighted by Gasteiger charge is 2.12. The van der Waals surface area contributed by atoms with Crippen molar-refractivity contribution in [3.63, 3.8) is 0 Å². The topological polar surface area (TPSA) is 75.6 Å². The molecule has 144 valence electrons. The van der Waals surface area contributed by atoms with Crippen LogP contribution in [-0.2, 0) is 16.1 Å². The van der Waals surface area contributed by atoms with Crippen LogP contribution < -0.4 is 10.1 Å². The van der Waals surface area contributed by atoms with Gasteiger partial charge in [0.15, 0.2) is 0 Å². The third-order valence-corrected chi connectivity index (χ3v) is 4.43. The van der Waals surface area contributed by atoms with Gasteiger partial charge in [0.1, 0.15) is 5.75 Å². The first-order chi connectivity index (χ1) is 13.0. The highest BCUT2D eigenvalue weighted by atomic mass is 16.5. The summed E-state index contributed by atoms with van der Waals surface area (Å²) in [6.07, 6.45) is 1.03. The molecule has 1 amide bonds. The number of amides is 1. The van der Waals surface area contributed by atoms with Gasteiger partial charge in [-0.3, -0.25) is 9.59 Å². The number of carbonyl (C=O) groups is 2. The maximum atomic E-state index is 12.2. The van der Waals surface area contributed by atoms with Crippen molar-refractivity contribution >= 4 is 11.9 Å². The minimum atomic E-state index is -0.818. The van der Waals surface area contributed by atoms with Crippen LogP contribution in [0.15, 0.2) is 48.5 Å². The second kappa shape index (κ2) is 10.4. The number of hydrogen-bond acceptors (Lipinski definition) is 3. The molecule has 0 fully saturated rings. The quantitative estimate of drug-likeness (QED) is 0.620. The molecule has 0 radical (unpaired) electrons. The first kappa shape index (κ1) is 20.5. The summed E-state index contributed by atoms with van der Waals surface area (Å²) in [6.45, 7) is 4.98. The van der Waals surface area contributed by atoms with E-state index in [9.17, 15) is 9.59 Å². The molecule has 27 heavy (non-hydrogen) atoms. The molecule has 0 saturated carbocycles. The number of rotatable bonds is 10. The van der Waals surface area contributed by atoms with E-state index < -0.39 is 5.97 Å². The number of ether oxygens (including phenoxy) is 1. The molecule has 2 N–H and O–H groups in total. The molecular formula is C22H27NO4. The fraction of sp³-hybridized carbons (Fsp3) is 0.364. The second-order valence-electron chi connectivity index (χ2n) is 6.73. The molecule has 2 rings (SSSR count). The van der Waals surface area contributed by atoms with Gasteiger partial charge in [0.2, 0.25) is 5.91 Å². The van der Waals surface area contributed by atoms with Gasteiger partial charge >= 0.3 is 5.97 Å². The second-order valence-corrected chi connectivity index (χ2v) is 6.73. The Bertz CT molecular complexity index is 755. The first-order valence-corrected chi connectivity index (χ1v) is 9.21. The van der Waals surface area contributed by atoms with Crippen molar-refractivity contribution in [2.75, 3.05) is 6.61 Å². The summed E-state index contributed by atoms with van der Waals surface area (Å²) in [5.74, 6) is 0.0811. The van der Waals surface area contributed by atoms with Crippen molar-refractivity contribution < 1.29 is 19.4 Å². The van der Waals surface area contributed by atoms with Crippen molar-refractivity contribution in [2.24, 2.45) is 0 Å². The van der Waals surface area contributed by atoms with Crippen LogP contribution in [0.4, 0.5) is 0 Å². The van der Waals surface area contributed by atoms with Gasteiger partial charge in [-0.1, -0.05) is 43.3 Å². The normalized spacial score (nSPS) is 11.6. The molecule has 5 heteroatoms. The molecular weight excluding hydrogens is 342 g/mol. The Morgan fingerprint density at radius 2 is 1.81 bits per heavy atom. The first-order valence-electron chi connectivity index (χ1n) is 9.21. The van der Waals surface area contributed by atoms with Crippen LogP contribution >= 0.6 is 0 Å². The summed E-state index contributed by atoms with van der Waals surface area (Å²) in [7, 11) is 0. The number of aliphatic carboxylic acids is 1. The van der Waals surface area contributed by atoms with Gasteiger partial charge in [-0.15, -0.1) is 0 Å². The van der Waals surface area contributed by atoms with Gasteiger partial charge in [0, 0.05) is 19.4 Å². The summed E-state index contributed by atoms with van der Waals surface area (Å²) in [5.41, 5.74) is 3.40. The van der Waals surface area contributed by atoms with E-state index in [1.165, 1.54) is 11.1 Å². The van der Waals surface area contributed by atoms with Crippen molar-refractivity contribution in [2.45, 2.75) is 45.6 Å². The van der Waals surface area contributed by atoms with Crippen molar-refractivity contribution in [3.8, 4) is 5.75 Å². The van der Waals surface area contributed by atoms with E-state index in [-0.39, 0.29) is 18.2 Å². The van der Waals surface area contributed by atoms with Gasteiger partial charge in [-0.05, 0) is 48.1 Å². The van der Waals surface area contributed by atoms with E-state index in [1.54, 1.807) is 0 Å². The predicted octanol–water partition coefficient (Wildman–Crippen LogP) is 4.05. The van der Waals surface area contributed by atoms with Crippen LogP contribution in [0.3, 0.4) is 0 Å². The number of nitrogens with one attached hydrogen (secondary N) is 1. The molecule has 1 unspecified atom stereocenters. The van der Waals surface area contributed by atoms with Crippen LogP contribution in [0.25, 0.3) is 0 Å². The molecule has 0 aromatic heterocycles. The Kier molecular flexibility index (Phi) is 7.86. The predicted molar refractivity (Wildman–Crippen MR) is 105 cm³/mol. The molecule has 0 aliphatic carbocycles. The van der Waals surface area contributed by atoms with Gasteiger partial charge in [0.25, 0.3) is 0 Å². The number of carbonyl (C=O) groups excluding carboxylic acids is 1. The summed E-state index contributed by atoms with van der Waals surface area (Å²) in [6, 6.07) is 15.6. The lowest BCUT2D eigenvalue weighted by Crippen LogP contribution is -2.24. The zero-order chi connectivity index (χ0) is 19.6. The lowest BCUT2D eigenvalue weighted by Gasteiger charge is -2.14. The Hall–Kier alpha value is -2.82. The summed E-state index contributed by atoms with van der Waals surface area (Å²) in [5, 5.41) is 11.6. The smallest absolute Gasteiger partial charge is 0.303 e. The van der Waals surface area contributed by atoms with Gasteiger partial charge in [0.05, 0.1) is 6.61 Å². The molecule has 1 atom stereocenters. The maximum Gasteiger partial charge on any atom is 0.303 e. The van der Waals surface area contributed by atoms with Crippen LogP contribution in [0.1, 0.15) is 48.8 Å². The van der Waals surface area contributed by atoms with Gasteiger partial charge in [-0.2, -0.15) is 0 Å². The number of carboxylic acids is 1. The van der Waals surface area contributed by atoms with E-state index in [1.807, 2.05) is 36.4 Å². The third-order valence-electron chi connectivity index (χ3n) is 4.43. The molecule has 5 nitrogen and oxygen atoms in total. The number of aryl methyl sites for hydroxylation is 1. The monoisotopic (exact) mass is 369 g/mol. The van der Waals surface area contributed by atoms with E-state index in [4.69, 9.17) is 9.84 Å². The van der Waals surface area contributed by atoms with Crippen LogP contribution in [0.5, 0.6) is 5.75 Å². The van der Waals surface area contributed by atoms with Crippen LogP contribution in [0, 0.1) is 6.92 Å². The van der Waals surface area contributed by atoms with E-state index in [0.717, 1.165) is 5.56 Å². The third kappa shape index (κ3) is 7.13. The Morgan fingerprint density at radius 1 is 1.11 bits per heavy atom. The molecule has 0 saturated heterocycles. The van der Waals surface area contributed by atoms with Crippen molar-refractivity contribution in [3.05, 3.63) is 65.2 Å². The number of hydrogen-bond donors (Lipinski definition) is 2. The summed E-state index contributed by atoms with van der Waals surface area (Å²) in [4.78, 5) is 22.7. The molecule has 2 aromatic rings. The number of benzene rings is 2. The van der Waals surface area contributed by atoms with Crippen LogP contribution in [-0.4, -0.2) is 23.6 Å². The Balaban J connectivity index is 1.75. The van der Waals surface area contributed by atoms with Gasteiger partial charge in [-0.25, -0.2) is 0 Å². The molecule has 0 aliphatic heterocycles. The highest BCUT2D eigenvalue weighted by Crippen LogP contribution is 2.22. The molecule has 2 aromatic carbocycles. The lowest BCUT2D eigenvalue weighted by molar-refractivity contribution is -0.137. The fourth-order valence-corrected chi connectivity index (χ4v) is 2.92. The molecule has 0 heterocycles. The highest BCUT2D eigenvalue weighted by molar-refractivity contribution is 5.76. The van der Waals surface area contributed by atoms with E-state index in [0.29, 0.717) is 31.7 Å². The average Bonchev–Trinajstić information content (AvgIpc) is 2.64. The summed E-state index contributed by atoms with van der Waals surface area (Å²) < 4.78 is 5.50. The zero-order valence-corrected chi connectivity index (χ0v) is 15.9. The van der Waals surface area contributed by atoms with Crippen molar-refractivity contribution in [1.29, 1.82) is 0 Å². The minimum Gasteiger partial charge on any atom is -0.494 e. The minimum absolute atomic E-state index is 0.0275. The summed E-state index contributed by atoms with van der Waals surface area (Å²) >= 11 is 0.